The molecule has 0 aliphatic carbocycles. The Hall–Kier alpha value is -3.45. The van der Waals surface area contributed by atoms with Gasteiger partial charge in [-0.05, 0) is 42.0 Å². The minimum atomic E-state index is -0.178. The van der Waals surface area contributed by atoms with E-state index in [9.17, 15) is 0 Å². The van der Waals surface area contributed by atoms with Crippen molar-refractivity contribution in [2.75, 3.05) is 26.6 Å². The van der Waals surface area contributed by atoms with Gasteiger partial charge in [-0.1, -0.05) is 40.2 Å². The third kappa shape index (κ3) is 3.39. The van der Waals surface area contributed by atoms with Gasteiger partial charge in [-0.15, -0.1) is 0 Å². The second-order valence-electron chi connectivity index (χ2n) is 7.40. The van der Waals surface area contributed by atoms with Crippen LogP contribution in [0.3, 0.4) is 0 Å². The van der Waals surface area contributed by atoms with Crippen molar-refractivity contribution in [1.29, 1.82) is 0 Å². The number of imidazole rings is 1. The molecule has 1 N–H and O–H groups in total. The highest BCUT2D eigenvalue weighted by atomic mass is 79.9. The lowest BCUT2D eigenvalue weighted by Crippen LogP contribution is -2.19. The first-order valence-corrected chi connectivity index (χ1v) is 10.9. The molecule has 2 heterocycles. The van der Waals surface area contributed by atoms with Gasteiger partial charge in [0.25, 0.3) is 0 Å². The van der Waals surface area contributed by atoms with Gasteiger partial charge < -0.3 is 19.5 Å². The van der Waals surface area contributed by atoms with Gasteiger partial charge in [-0.2, -0.15) is 0 Å². The third-order valence-electron chi connectivity index (χ3n) is 5.64. The Balaban J connectivity index is 1.77. The maximum Gasteiger partial charge on any atom is 0.209 e. The minimum Gasteiger partial charge on any atom is -0.496 e. The Morgan fingerprint density at radius 3 is 2.38 bits per heavy atom. The van der Waals surface area contributed by atoms with Crippen molar-refractivity contribution >= 4 is 38.6 Å². The second-order valence-corrected chi connectivity index (χ2v) is 8.32. The molecule has 0 saturated carbocycles. The van der Waals surface area contributed by atoms with Gasteiger partial charge in [0.2, 0.25) is 5.95 Å². The van der Waals surface area contributed by atoms with Crippen molar-refractivity contribution in [3.63, 3.8) is 0 Å². The molecular weight excluding hydrogens is 470 g/mol. The van der Waals surface area contributed by atoms with Gasteiger partial charge in [0.1, 0.15) is 5.75 Å². The Bertz CT molecular complexity index is 1350. The van der Waals surface area contributed by atoms with E-state index in [0.29, 0.717) is 17.2 Å². The molecule has 32 heavy (non-hydrogen) atoms. The summed E-state index contributed by atoms with van der Waals surface area (Å²) in [6.07, 6.45) is 2.19. The first-order chi connectivity index (χ1) is 15.6. The summed E-state index contributed by atoms with van der Waals surface area (Å²) in [4.78, 5) is 4.86. The van der Waals surface area contributed by atoms with Crippen molar-refractivity contribution in [3.8, 4) is 17.2 Å². The lowest BCUT2D eigenvalue weighted by atomic mass is 9.99. The Kier molecular flexibility index (Phi) is 5.27. The van der Waals surface area contributed by atoms with Gasteiger partial charge >= 0.3 is 0 Å². The number of anilines is 1. The summed E-state index contributed by atoms with van der Waals surface area (Å²) >= 11 is 3.58. The number of ether oxygens (including phenoxy) is 3. The number of halogens is 1. The summed E-state index contributed by atoms with van der Waals surface area (Å²) in [5, 5.41) is 3.51. The van der Waals surface area contributed by atoms with E-state index in [1.165, 1.54) is 0 Å². The first-order valence-electron chi connectivity index (χ1n) is 10.1. The van der Waals surface area contributed by atoms with Crippen LogP contribution in [0.15, 0.2) is 71.2 Å². The number of hydrogen-bond acceptors (Lipinski definition) is 5. The van der Waals surface area contributed by atoms with Crippen LogP contribution in [0, 0.1) is 0 Å². The molecule has 0 radical (unpaired) electrons. The fourth-order valence-corrected chi connectivity index (χ4v) is 4.55. The molecule has 0 fully saturated rings. The molecule has 162 valence electrons. The molecule has 5 rings (SSSR count). The summed E-state index contributed by atoms with van der Waals surface area (Å²) < 4.78 is 20.1. The number of rotatable bonds is 5. The van der Waals surface area contributed by atoms with E-state index in [1.807, 2.05) is 42.5 Å². The molecule has 0 amide bonds. The molecule has 0 bridgehead atoms. The number of aromatic nitrogens is 2. The number of nitrogens with zero attached hydrogens (tertiary/aromatic N) is 2. The number of hydrogen-bond donors (Lipinski definition) is 1. The van der Waals surface area contributed by atoms with Crippen LogP contribution < -0.4 is 19.5 Å². The largest absolute Gasteiger partial charge is 0.496 e. The van der Waals surface area contributed by atoms with Crippen LogP contribution in [0.4, 0.5) is 5.95 Å². The third-order valence-corrected chi connectivity index (χ3v) is 6.13. The average molecular weight is 492 g/mol. The smallest absolute Gasteiger partial charge is 0.209 e. The van der Waals surface area contributed by atoms with Crippen LogP contribution in [0.5, 0.6) is 17.2 Å². The van der Waals surface area contributed by atoms with E-state index >= 15 is 0 Å². The van der Waals surface area contributed by atoms with Gasteiger partial charge in [0.15, 0.2) is 11.5 Å². The predicted octanol–water partition coefficient (Wildman–Crippen LogP) is 5.88. The molecule has 3 aromatic carbocycles. The summed E-state index contributed by atoms with van der Waals surface area (Å²) in [5.74, 6) is 2.74. The average Bonchev–Trinajstić information content (AvgIpc) is 3.21. The number of nitrogens with one attached hydrogen (secondary N) is 1. The van der Waals surface area contributed by atoms with Crippen LogP contribution in [0.2, 0.25) is 0 Å². The van der Waals surface area contributed by atoms with Crippen molar-refractivity contribution in [3.05, 3.63) is 82.3 Å². The Morgan fingerprint density at radius 2 is 1.62 bits per heavy atom. The van der Waals surface area contributed by atoms with Crippen LogP contribution in [-0.2, 0) is 0 Å². The molecule has 7 heteroatoms. The zero-order valence-corrected chi connectivity index (χ0v) is 19.5. The standard InChI is InChI=1S/C25H22BrN3O3/c1-30-22-14-24(32-3)23(31-2)12-17(22)21-13-19(15-7-6-8-16(26)11-15)28-25-27-18-9-4-5-10-20(18)29(21)25/h4-14,21H,1-3H3,(H,27,28)/t21-/m0/s1. The molecule has 1 aliphatic rings. The molecular formula is C25H22BrN3O3. The summed E-state index contributed by atoms with van der Waals surface area (Å²) in [6.45, 7) is 0. The highest BCUT2D eigenvalue weighted by molar-refractivity contribution is 9.10. The number of allylic oxidation sites excluding steroid dienone is 1. The van der Waals surface area contributed by atoms with Gasteiger partial charge in [0.05, 0.1) is 38.4 Å². The van der Waals surface area contributed by atoms with Crippen LogP contribution in [0.25, 0.3) is 16.7 Å². The van der Waals surface area contributed by atoms with Gasteiger partial charge in [0, 0.05) is 21.8 Å². The number of methoxy groups -OCH3 is 3. The fraction of sp³-hybridized carbons (Fsp3) is 0.160. The Morgan fingerprint density at radius 1 is 0.875 bits per heavy atom. The summed E-state index contributed by atoms with van der Waals surface area (Å²) in [7, 11) is 4.92. The molecule has 1 aliphatic heterocycles. The molecule has 6 nitrogen and oxygen atoms in total. The van der Waals surface area contributed by atoms with Gasteiger partial charge in [-0.25, -0.2) is 4.98 Å². The van der Waals surface area contributed by atoms with E-state index in [4.69, 9.17) is 19.2 Å². The first kappa shape index (κ1) is 20.5. The zero-order chi connectivity index (χ0) is 22.2. The van der Waals surface area contributed by atoms with Crippen molar-refractivity contribution in [2.24, 2.45) is 0 Å². The Labute approximate surface area is 194 Å². The molecule has 0 unspecified atom stereocenters. The molecule has 4 aromatic rings. The summed E-state index contributed by atoms with van der Waals surface area (Å²) in [6, 6.07) is 20.0. The van der Waals surface area contributed by atoms with E-state index in [0.717, 1.165) is 38.3 Å². The monoisotopic (exact) mass is 491 g/mol. The molecule has 0 spiro atoms. The van der Waals surface area contributed by atoms with Crippen molar-refractivity contribution < 1.29 is 14.2 Å². The number of benzene rings is 3. The highest BCUT2D eigenvalue weighted by Crippen LogP contribution is 2.44. The van der Waals surface area contributed by atoms with Crippen LogP contribution in [-0.4, -0.2) is 30.9 Å². The van der Waals surface area contributed by atoms with E-state index in [-0.39, 0.29) is 6.04 Å². The predicted molar refractivity (Wildman–Crippen MR) is 130 cm³/mol. The van der Waals surface area contributed by atoms with Crippen LogP contribution in [0.1, 0.15) is 17.2 Å². The zero-order valence-electron chi connectivity index (χ0n) is 17.9. The molecule has 1 atom stereocenters. The topological polar surface area (TPSA) is 57.5 Å². The normalized spacial score (nSPS) is 15.0. The van der Waals surface area contributed by atoms with E-state index in [2.05, 4.69) is 50.1 Å². The number of fused-ring (bicyclic) bond motifs is 3. The molecule has 1 aromatic heterocycles. The maximum absolute atomic E-state index is 5.78. The summed E-state index contributed by atoms with van der Waals surface area (Å²) in [5.41, 5.74) is 4.92. The van der Waals surface area contributed by atoms with E-state index < -0.39 is 0 Å². The maximum atomic E-state index is 5.78. The molecule has 0 saturated heterocycles. The highest BCUT2D eigenvalue weighted by Gasteiger charge is 2.28. The fourth-order valence-electron chi connectivity index (χ4n) is 4.15. The SMILES string of the molecule is COc1cc(OC)c([C@@H]2C=C(c3cccc(Br)c3)Nc3nc4ccccc4n32)cc1OC. The number of para-hydroxylation sites is 2. The lowest BCUT2D eigenvalue weighted by Gasteiger charge is -2.28. The van der Waals surface area contributed by atoms with Crippen LogP contribution >= 0.6 is 15.9 Å². The minimum absolute atomic E-state index is 0.178. The van der Waals surface area contributed by atoms with Gasteiger partial charge in [-0.3, -0.25) is 4.57 Å². The van der Waals surface area contributed by atoms with E-state index in [1.54, 1.807) is 21.3 Å². The van der Waals surface area contributed by atoms with Crippen molar-refractivity contribution in [2.45, 2.75) is 6.04 Å². The lowest BCUT2D eigenvalue weighted by molar-refractivity contribution is 0.346. The van der Waals surface area contributed by atoms with Crippen molar-refractivity contribution in [1.82, 2.24) is 9.55 Å². The quantitative estimate of drug-likeness (QED) is 0.377. The second kappa shape index (κ2) is 8.24.